The number of ether oxygens (including phenoxy) is 3. The minimum Gasteiger partial charge on any atom is -0.490 e. The lowest BCUT2D eigenvalue weighted by Crippen LogP contribution is -2.24. The van der Waals surface area contributed by atoms with Crippen molar-refractivity contribution in [2.75, 3.05) is 13.2 Å². The molecule has 6 nitrogen and oxygen atoms in total. The number of nitrogens with one attached hydrogen (secondary N) is 1. The third-order valence-electron chi connectivity index (χ3n) is 4.60. The van der Waals surface area contributed by atoms with Gasteiger partial charge in [-0.25, -0.2) is 0 Å². The number of carbonyl (C=O) groups excluding carboxylic acids is 1. The Morgan fingerprint density at radius 1 is 0.969 bits per heavy atom. The summed E-state index contributed by atoms with van der Waals surface area (Å²) in [5, 5.41) is 2.96. The van der Waals surface area contributed by atoms with Crippen molar-refractivity contribution in [1.29, 1.82) is 0 Å². The van der Waals surface area contributed by atoms with Crippen LogP contribution in [0.3, 0.4) is 0 Å². The predicted molar refractivity (Wildman–Crippen MR) is 127 cm³/mol. The molecule has 0 radical (unpaired) electrons. The summed E-state index contributed by atoms with van der Waals surface area (Å²) in [5.74, 6) is 2.00. The first-order chi connectivity index (χ1) is 15.6. The molecular formula is C25H27BrN2O4. The summed E-state index contributed by atoms with van der Waals surface area (Å²) in [4.78, 5) is 16.6. The van der Waals surface area contributed by atoms with Gasteiger partial charge < -0.3 is 19.5 Å². The first kappa shape index (κ1) is 23.6. The molecule has 0 saturated carbocycles. The number of hydrogen-bond acceptors (Lipinski definition) is 5. The lowest BCUT2D eigenvalue weighted by molar-refractivity contribution is -0.120. The Morgan fingerprint density at radius 2 is 1.69 bits per heavy atom. The second kappa shape index (κ2) is 12.1. The standard InChI is InChI=1S/C25H27BrN2O4/c1-3-30-23-12-20(22(26)14-24(23)31-4-2)13-25(29)28-16-18-7-9-21(10-8-18)32-17-19-6-5-11-27-15-19/h5-12,14-15H,3-4,13,16-17H2,1-2H3,(H,28,29). The highest BCUT2D eigenvalue weighted by atomic mass is 79.9. The van der Waals surface area contributed by atoms with Crippen LogP contribution in [0.25, 0.3) is 0 Å². The van der Waals surface area contributed by atoms with Gasteiger partial charge in [0.1, 0.15) is 12.4 Å². The van der Waals surface area contributed by atoms with E-state index in [0.717, 1.165) is 26.9 Å². The summed E-state index contributed by atoms with van der Waals surface area (Å²) in [6.45, 7) is 5.80. The minimum atomic E-state index is -0.0748. The maximum absolute atomic E-state index is 12.5. The molecule has 0 atom stereocenters. The monoisotopic (exact) mass is 498 g/mol. The zero-order chi connectivity index (χ0) is 22.8. The summed E-state index contributed by atoms with van der Waals surface area (Å²) in [6.07, 6.45) is 3.75. The second-order valence-corrected chi connectivity index (χ2v) is 7.86. The molecule has 1 heterocycles. The van der Waals surface area contributed by atoms with Gasteiger partial charge in [0.2, 0.25) is 5.91 Å². The molecule has 1 aromatic heterocycles. The fourth-order valence-corrected chi connectivity index (χ4v) is 3.50. The van der Waals surface area contributed by atoms with Gasteiger partial charge >= 0.3 is 0 Å². The molecule has 0 unspecified atom stereocenters. The van der Waals surface area contributed by atoms with Gasteiger partial charge in [0.05, 0.1) is 19.6 Å². The number of aromatic nitrogens is 1. The summed E-state index contributed by atoms with van der Waals surface area (Å²) in [6, 6.07) is 15.2. The largest absolute Gasteiger partial charge is 0.490 e. The molecule has 0 aliphatic rings. The smallest absolute Gasteiger partial charge is 0.224 e. The molecule has 0 spiro atoms. The van der Waals surface area contributed by atoms with Crippen LogP contribution < -0.4 is 19.5 Å². The molecule has 168 valence electrons. The van der Waals surface area contributed by atoms with Crippen LogP contribution >= 0.6 is 15.9 Å². The lowest BCUT2D eigenvalue weighted by atomic mass is 10.1. The molecule has 0 aliphatic heterocycles. The fourth-order valence-electron chi connectivity index (χ4n) is 3.04. The van der Waals surface area contributed by atoms with Crippen molar-refractivity contribution in [3.8, 4) is 17.2 Å². The Morgan fingerprint density at radius 3 is 2.34 bits per heavy atom. The summed E-state index contributed by atoms with van der Waals surface area (Å²) >= 11 is 3.53. The highest BCUT2D eigenvalue weighted by Gasteiger charge is 2.13. The highest BCUT2D eigenvalue weighted by Crippen LogP contribution is 2.34. The van der Waals surface area contributed by atoms with Crippen molar-refractivity contribution in [3.05, 3.63) is 82.1 Å². The van der Waals surface area contributed by atoms with E-state index < -0.39 is 0 Å². The summed E-state index contributed by atoms with van der Waals surface area (Å²) in [7, 11) is 0. The van der Waals surface area contributed by atoms with Gasteiger partial charge in [0.25, 0.3) is 0 Å². The van der Waals surface area contributed by atoms with Crippen LogP contribution in [-0.4, -0.2) is 24.1 Å². The number of amides is 1. The number of hydrogen-bond donors (Lipinski definition) is 1. The Hall–Kier alpha value is -3.06. The van der Waals surface area contributed by atoms with E-state index in [2.05, 4.69) is 26.2 Å². The number of nitrogens with zero attached hydrogens (tertiary/aromatic N) is 1. The molecule has 0 saturated heterocycles. The van der Waals surface area contributed by atoms with E-state index in [-0.39, 0.29) is 12.3 Å². The molecule has 2 aromatic carbocycles. The van der Waals surface area contributed by atoms with Crippen molar-refractivity contribution >= 4 is 21.8 Å². The molecule has 3 aromatic rings. The van der Waals surface area contributed by atoms with E-state index >= 15 is 0 Å². The van der Waals surface area contributed by atoms with E-state index in [1.54, 1.807) is 12.4 Å². The Labute approximate surface area is 197 Å². The average Bonchev–Trinajstić information content (AvgIpc) is 2.81. The second-order valence-electron chi connectivity index (χ2n) is 7.00. The third-order valence-corrected chi connectivity index (χ3v) is 5.34. The molecule has 0 fully saturated rings. The van der Waals surface area contributed by atoms with Gasteiger partial charge in [-0.1, -0.05) is 34.1 Å². The first-order valence-electron chi connectivity index (χ1n) is 10.5. The molecule has 1 amide bonds. The normalized spacial score (nSPS) is 10.5. The molecular weight excluding hydrogens is 472 g/mol. The van der Waals surface area contributed by atoms with Crippen molar-refractivity contribution in [2.45, 2.75) is 33.4 Å². The maximum Gasteiger partial charge on any atom is 0.224 e. The summed E-state index contributed by atoms with van der Waals surface area (Å²) < 4.78 is 17.9. The van der Waals surface area contributed by atoms with Gasteiger partial charge in [-0.2, -0.15) is 0 Å². The first-order valence-corrected chi connectivity index (χ1v) is 11.3. The van der Waals surface area contributed by atoms with Gasteiger partial charge in [0.15, 0.2) is 11.5 Å². The third kappa shape index (κ3) is 6.99. The highest BCUT2D eigenvalue weighted by molar-refractivity contribution is 9.10. The Kier molecular flexibility index (Phi) is 8.92. The number of halogens is 1. The molecule has 3 rings (SSSR count). The topological polar surface area (TPSA) is 69.7 Å². The van der Waals surface area contributed by atoms with Crippen molar-refractivity contribution in [3.63, 3.8) is 0 Å². The van der Waals surface area contributed by atoms with Crippen LogP contribution in [-0.2, 0) is 24.4 Å². The van der Waals surface area contributed by atoms with Crippen LogP contribution in [0.15, 0.2) is 65.4 Å². The van der Waals surface area contributed by atoms with Gasteiger partial charge in [0, 0.05) is 29.0 Å². The van der Waals surface area contributed by atoms with E-state index in [9.17, 15) is 4.79 Å². The molecule has 0 bridgehead atoms. The van der Waals surface area contributed by atoms with Crippen LogP contribution in [0.4, 0.5) is 0 Å². The van der Waals surface area contributed by atoms with Gasteiger partial charge in [-0.15, -0.1) is 0 Å². The number of carbonyl (C=O) groups is 1. The molecule has 7 heteroatoms. The number of benzene rings is 2. The van der Waals surface area contributed by atoms with E-state index in [1.165, 1.54) is 0 Å². The average molecular weight is 499 g/mol. The minimum absolute atomic E-state index is 0.0748. The van der Waals surface area contributed by atoms with Crippen molar-refractivity contribution in [1.82, 2.24) is 10.3 Å². The number of pyridine rings is 1. The van der Waals surface area contributed by atoms with Gasteiger partial charge in [-0.3, -0.25) is 9.78 Å². The predicted octanol–water partition coefficient (Wildman–Crippen LogP) is 5.08. The zero-order valence-electron chi connectivity index (χ0n) is 18.3. The van der Waals surface area contributed by atoms with Crippen LogP contribution in [0.5, 0.6) is 17.2 Å². The van der Waals surface area contributed by atoms with Gasteiger partial charge in [-0.05, 0) is 55.3 Å². The Balaban J connectivity index is 1.52. The van der Waals surface area contributed by atoms with E-state index in [1.807, 2.05) is 62.4 Å². The van der Waals surface area contributed by atoms with E-state index in [0.29, 0.717) is 37.9 Å². The SMILES string of the molecule is CCOc1cc(Br)c(CC(=O)NCc2ccc(OCc3cccnc3)cc2)cc1OCC. The van der Waals surface area contributed by atoms with Crippen LogP contribution in [0.2, 0.25) is 0 Å². The molecule has 32 heavy (non-hydrogen) atoms. The molecule has 0 aliphatic carbocycles. The van der Waals surface area contributed by atoms with Crippen molar-refractivity contribution < 1.29 is 19.0 Å². The quantitative estimate of drug-likeness (QED) is 0.399. The van der Waals surface area contributed by atoms with Crippen LogP contribution in [0, 0.1) is 0 Å². The lowest BCUT2D eigenvalue weighted by Gasteiger charge is -2.14. The molecule has 1 N–H and O–H groups in total. The zero-order valence-corrected chi connectivity index (χ0v) is 19.9. The van der Waals surface area contributed by atoms with Crippen molar-refractivity contribution in [2.24, 2.45) is 0 Å². The van der Waals surface area contributed by atoms with E-state index in [4.69, 9.17) is 14.2 Å². The number of rotatable bonds is 11. The Bertz CT molecular complexity index is 1010. The fraction of sp³-hybridized carbons (Fsp3) is 0.280. The van der Waals surface area contributed by atoms with Crippen LogP contribution in [0.1, 0.15) is 30.5 Å². The maximum atomic E-state index is 12.5. The summed E-state index contributed by atoms with van der Waals surface area (Å²) in [5.41, 5.74) is 2.85.